The first-order valence-corrected chi connectivity index (χ1v) is 6.70. The standard InChI is InChI=1S/C15H20ClN/c1-11-9-14(16)10-12(2)15(11)4-3-13-5-7-17-8-6-13/h3-4,9-10,13,17H,5-8H2,1-2H3. The van der Waals surface area contributed by atoms with Gasteiger partial charge in [0.1, 0.15) is 0 Å². The highest BCUT2D eigenvalue weighted by Gasteiger charge is 2.09. The maximum Gasteiger partial charge on any atom is 0.0411 e. The first-order valence-electron chi connectivity index (χ1n) is 6.32. The van der Waals surface area contributed by atoms with Gasteiger partial charge >= 0.3 is 0 Å². The summed E-state index contributed by atoms with van der Waals surface area (Å²) in [6, 6.07) is 4.08. The minimum absolute atomic E-state index is 0.728. The van der Waals surface area contributed by atoms with Gasteiger partial charge in [0, 0.05) is 5.02 Å². The van der Waals surface area contributed by atoms with E-state index in [0.717, 1.165) is 24.0 Å². The summed E-state index contributed by atoms with van der Waals surface area (Å²) in [4.78, 5) is 0. The van der Waals surface area contributed by atoms with Crippen LogP contribution in [0.5, 0.6) is 0 Å². The van der Waals surface area contributed by atoms with Crippen LogP contribution in [-0.2, 0) is 0 Å². The molecule has 0 bridgehead atoms. The van der Waals surface area contributed by atoms with E-state index >= 15 is 0 Å². The van der Waals surface area contributed by atoms with Crippen molar-refractivity contribution < 1.29 is 0 Å². The third-order valence-electron chi connectivity index (χ3n) is 3.48. The Balaban J connectivity index is 2.14. The van der Waals surface area contributed by atoms with E-state index in [2.05, 4.69) is 31.3 Å². The lowest BCUT2D eigenvalue weighted by Crippen LogP contribution is -2.26. The lowest BCUT2D eigenvalue weighted by atomic mass is 9.95. The first-order chi connectivity index (χ1) is 8.16. The summed E-state index contributed by atoms with van der Waals surface area (Å²) < 4.78 is 0. The van der Waals surface area contributed by atoms with Crippen molar-refractivity contribution in [2.75, 3.05) is 13.1 Å². The summed E-state index contributed by atoms with van der Waals surface area (Å²) in [6.07, 6.45) is 7.14. The first kappa shape index (κ1) is 12.7. The average Bonchev–Trinajstić information content (AvgIpc) is 2.29. The largest absolute Gasteiger partial charge is 0.317 e. The number of piperidine rings is 1. The number of hydrogen-bond acceptors (Lipinski definition) is 1. The highest BCUT2D eigenvalue weighted by Crippen LogP contribution is 2.23. The maximum atomic E-state index is 6.04. The molecule has 1 aromatic rings. The second-order valence-corrected chi connectivity index (χ2v) is 5.34. The molecule has 0 unspecified atom stereocenters. The summed E-state index contributed by atoms with van der Waals surface area (Å²) in [6.45, 7) is 6.54. The SMILES string of the molecule is Cc1cc(Cl)cc(C)c1C=CC1CCNCC1. The van der Waals surface area contributed by atoms with E-state index in [0.29, 0.717) is 0 Å². The molecule has 1 saturated heterocycles. The van der Waals surface area contributed by atoms with Crippen molar-refractivity contribution in [3.8, 4) is 0 Å². The second-order valence-electron chi connectivity index (χ2n) is 4.90. The number of rotatable bonds is 2. The van der Waals surface area contributed by atoms with Crippen molar-refractivity contribution in [1.82, 2.24) is 5.32 Å². The third kappa shape index (κ3) is 3.34. The molecule has 0 radical (unpaired) electrons. The van der Waals surface area contributed by atoms with E-state index < -0.39 is 0 Å². The minimum atomic E-state index is 0.728. The van der Waals surface area contributed by atoms with Gasteiger partial charge in [-0.2, -0.15) is 0 Å². The number of halogens is 1. The molecule has 1 aliphatic rings. The van der Waals surface area contributed by atoms with Crippen molar-refractivity contribution in [2.24, 2.45) is 5.92 Å². The molecule has 0 amide bonds. The summed E-state index contributed by atoms with van der Waals surface area (Å²) >= 11 is 6.04. The zero-order valence-corrected chi connectivity index (χ0v) is 11.3. The second kappa shape index (κ2) is 5.70. The van der Waals surface area contributed by atoms with Crippen molar-refractivity contribution >= 4 is 17.7 Å². The van der Waals surface area contributed by atoms with Crippen LogP contribution < -0.4 is 5.32 Å². The number of aryl methyl sites for hydroxylation is 2. The lowest BCUT2D eigenvalue weighted by Gasteiger charge is -2.19. The molecule has 2 heteroatoms. The van der Waals surface area contributed by atoms with E-state index in [1.807, 2.05) is 12.1 Å². The van der Waals surface area contributed by atoms with Crippen LogP contribution >= 0.6 is 11.6 Å². The van der Waals surface area contributed by atoms with Crippen LogP contribution in [0.2, 0.25) is 5.02 Å². The Bertz CT molecular complexity index is 394. The van der Waals surface area contributed by atoms with Gasteiger partial charge in [-0.3, -0.25) is 0 Å². The molecule has 1 aromatic carbocycles. The fourth-order valence-electron chi connectivity index (χ4n) is 2.45. The summed E-state index contributed by atoms with van der Waals surface area (Å²) in [5.41, 5.74) is 3.85. The highest BCUT2D eigenvalue weighted by atomic mass is 35.5. The predicted octanol–water partition coefficient (Wildman–Crippen LogP) is 3.97. The third-order valence-corrected chi connectivity index (χ3v) is 3.70. The molecule has 0 spiro atoms. The van der Waals surface area contributed by atoms with Gasteiger partial charge in [0.2, 0.25) is 0 Å². The zero-order valence-electron chi connectivity index (χ0n) is 10.6. The van der Waals surface area contributed by atoms with Crippen molar-refractivity contribution in [3.63, 3.8) is 0 Å². The molecule has 1 heterocycles. The van der Waals surface area contributed by atoms with Crippen LogP contribution in [0.15, 0.2) is 18.2 Å². The van der Waals surface area contributed by atoms with E-state index in [9.17, 15) is 0 Å². The molecule has 0 aliphatic carbocycles. The van der Waals surface area contributed by atoms with Crippen molar-refractivity contribution in [1.29, 1.82) is 0 Å². The normalized spacial score (nSPS) is 17.8. The smallest absolute Gasteiger partial charge is 0.0411 e. The average molecular weight is 250 g/mol. The van der Waals surface area contributed by atoms with Gasteiger partial charge in [0.25, 0.3) is 0 Å². The highest BCUT2D eigenvalue weighted by molar-refractivity contribution is 6.30. The van der Waals surface area contributed by atoms with Crippen LogP contribution in [0.3, 0.4) is 0 Å². The fourth-order valence-corrected chi connectivity index (χ4v) is 2.78. The van der Waals surface area contributed by atoms with Gasteiger partial charge in [-0.05, 0) is 74.5 Å². The molecule has 1 fully saturated rings. The van der Waals surface area contributed by atoms with Crippen LogP contribution in [-0.4, -0.2) is 13.1 Å². The Morgan fingerprint density at radius 2 is 1.76 bits per heavy atom. The van der Waals surface area contributed by atoms with Crippen LogP contribution in [0, 0.1) is 19.8 Å². The van der Waals surface area contributed by atoms with Crippen LogP contribution in [0.25, 0.3) is 6.08 Å². The molecular weight excluding hydrogens is 230 g/mol. The number of benzene rings is 1. The van der Waals surface area contributed by atoms with Gasteiger partial charge in [-0.15, -0.1) is 0 Å². The van der Waals surface area contributed by atoms with E-state index in [-0.39, 0.29) is 0 Å². The fraction of sp³-hybridized carbons (Fsp3) is 0.467. The maximum absolute atomic E-state index is 6.04. The number of nitrogens with one attached hydrogen (secondary N) is 1. The summed E-state index contributed by atoms with van der Waals surface area (Å²) in [5.74, 6) is 0.728. The Morgan fingerprint density at radius 1 is 1.18 bits per heavy atom. The number of hydrogen-bond donors (Lipinski definition) is 1. The number of allylic oxidation sites excluding steroid dienone is 1. The lowest BCUT2D eigenvalue weighted by molar-refractivity contribution is 0.438. The Hall–Kier alpha value is -0.790. The molecule has 1 N–H and O–H groups in total. The van der Waals surface area contributed by atoms with Crippen LogP contribution in [0.4, 0.5) is 0 Å². The van der Waals surface area contributed by atoms with E-state index in [1.54, 1.807) is 0 Å². The molecule has 17 heavy (non-hydrogen) atoms. The monoisotopic (exact) mass is 249 g/mol. The van der Waals surface area contributed by atoms with Gasteiger partial charge < -0.3 is 5.32 Å². The van der Waals surface area contributed by atoms with Crippen molar-refractivity contribution in [2.45, 2.75) is 26.7 Å². The molecule has 0 saturated carbocycles. The van der Waals surface area contributed by atoms with E-state index in [1.165, 1.54) is 29.5 Å². The Labute approximate surface area is 109 Å². The van der Waals surface area contributed by atoms with E-state index in [4.69, 9.17) is 11.6 Å². The minimum Gasteiger partial charge on any atom is -0.317 e. The molecular formula is C15H20ClN. The zero-order chi connectivity index (χ0) is 12.3. The molecule has 0 atom stereocenters. The van der Waals surface area contributed by atoms with Crippen molar-refractivity contribution in [3.05, 3.63) is 39.9 Å². The predicted molar refractivity (Wildman–Crippen MR) is 75.6 cm³/mol. The molecule has 1 nitrogen and oxygen atoms in total. The van der Waals surface area contributed by atoms with Gasteiger partial charge in [-0.25, -0.2) is 0 Å². The Morgan fingerprint density at radius 3 is 2.35 bits per heavy atom. The van der Waals surface area contributed by atoms with Gasteiger partial charge in [0.05, 0.1) is 0 Å². The molecule has 1 aliphatic heterocycles. The van der Waals surface area contributed by atoms with Gasteiger partial charge in [0.15, 0.2) is 0 Å². The van der Waals surface area contributed by atoms with Crippen LogP contribution in [0.1, 0.15) is 29.5 Å². The quantitative estimate of drug-likeness (QED) is 0.836. The molecule has 92 valence electrons. The van der Waals surface area contributed by atoms with Gasteiger partial charge in [-0.1, -0.05) is 23.8 Å². The Kier molecular flexibility index (Phi) is 4.25. The topological polar surface area (TPSA) is 12.0 Å². The molecule has 2 rings (SSSR count). The summed E-state index contributed by atoms with van der Waals surface area (Å²) in [5, 5.41) is 4.22. The molecule has 0 aromatic heterocycles. The summed E-state index contributed by atoms with van der Waals surface area (Å²) in [7, 11) is 0.